The molecule has 2 N–H and O–H groups in total. The topological polar surface area (TPSA) is 61.0 Å². The summed E-state index contributed by atoms with van der Waals surface area (Å²) in [6.07, 6.45) is 1.66. The number of aryl methyl sites for hydroxylation is 1. The van der Waals surface area contributed by atoms with Gasteiger partial charge in [-0.1, -0.05) is 43.3 Å². The molecule has 0 aliphatic carbocycles. The molecule has 0 bridgehead atoms. The highest BCUT2D eigenvalue weighted by Crippen LogP contribution is 2.20. The Morgan fingerprint density at radius 3 is 2.64 bits per heavy atom. The predicted octanol–water partition coefficient (Wildman–Crippen LogP) is 3.40. The molecule has 22 heavy (non-hydrogen) atoms. The number of ether oxygens (including phenoxy) is 1. The molecule has 0 fully saturated rings. The molecule has 4 heteroatoms. The first-order chi connectivity index (χ1) is 10.8. The predicted molar refractivity (Wildman–Crippen MR) is 89.0 cm³/mol. The summed E-state index contributed by atoms with van der Waals surface area (Å²) < 4.78 is 5.92. The van der Waals surface area contributed by atoms with E-state index >= 15 is 0 Å². The number of nitrogen functional groups attached to an aromatic ring is 1. The van der Waals surface area contributed by atoms with Gasteiger partial charge in [-0.15, -0.1) is 0 Å². The summed E-state index contributed by atoms with van der Waals surface area (Å²) in [5.41, 5.74) is 8.81. The molecule has 4 nitrogen and oxygen atoms in total. The second-order valence-corrected chi connectivity index (χ2v) is 5.11. The van der Waals surface area contributed by atoms with Crippen LogP contribution in [0.5, 0.6) is 5.75 Å². The van der Waals surface area contributed by atoms with Crippen molar-refractivity contribution in [1.29, 1.82) is 0 Å². The van der Waals surface area contributed by atoms with Crippen LogP contribution in [-0.2, 0) is 12.8 Å². The first kappa shape index (κ1) is 14.3. The van der Waals surface area contributed by atoms with E-state index in [1.807, 2.05) is 42.5 Å². The molecule has 0 saturated heterocycles. The molecule has 0 unspecified atom stereocenters. The summed E-state index contributed by atoms with van der Waals surface area (Å²) in [5, 5.41) is 1.03. The van der Waals surface area contributed by atoms with Crippen LogP contribution in [0.1, 0.15) is 18.2 Å². The number of fused-ring (bicyclic) bond motifs is 1. The van der Waals surface area contributed by atoms with E-state index in [1.165, 1.54) is 5.56 Å². The second-order valence-electron chi connectivity index (χ2n) is 5.11. The van der Waals surface area contributed by atoms with Gasteiger partial charge in [0.15, 0.2) is 0 Å². The number of nitrogens with two attached hydrogens (primary N) is 1. The minimum atomic E-state index is 0.308. The fourth-order valence-electron chi connectivity index (χ4n) is 2.55. The molecule has 0 atom stereocenters. The van der Waals surface area contributed by atoms with Crippen molar-refractivity contribution in [2.75, 3.05) is 12.3 Å². The van der Waals surface area contributed by atoms with Crippen molar-refractivity contribution in [3.05, 3.63) is 59.8 Å². The molecule has 0 saturated carbocycles. The van der Waals surface area contributed by atoms with Crippen LogP contribution in [-0.4, -0.2) is 16.6 Å². The van der Waals surface area contributed by atoms with E-state index in [0.717, 1.165) is 28.8 Å². The Hall–Kier alpha value is -2.62. The first-order valence-corrected chi connectivity index (χ1v) is 7.49. The molecular weight excluding hydrogens is 274 g/mol. The van der Waals surface area contributed by atoms with Crippen LogP contribution in [0.25, 0.3) is 10.9 Å². The number of hydrogen-bond acceptors (Lipinski definition) is 4. The molecular formula is C18H19N3O. The van der Waals surface area contributed by atoms with E-state index in [1.54, 1.807) is 0 Å². The molecule has 1 heterocycles. The Morgan fingerprint density at radius 1 is 1.00 bits per heavy atom. The van der Waals surface area contributed by atoms with E-state index < -0.39 is 0 Å². The van der Waals surface area contributed by atoms with E-state index in [9.17, 15) is 0 Å². The third-order valence-corrected chi connectivity index (χ3v) is 3.65. The Balaban J connectivity index is 1.77. The smallest absolute Gasteiger partial charge is 0.220 e. The van der Waals surface area contributed by atoms with Crippen LogP contribution in [0.15, 0.2) is 48.5 Å². The molecule has 112 valence electrons. The molecule has 2 aromatic carbocycles. The standard InChI is InChI=1S/C18H19N3O/c1-2-13-7-3-6-10-17(13)22-12-11-16-14-8-4-5-9-15(14)20-18(19)21-16/h3-10H,2,11-12H2,1H3,(H2,19,20,21). The van der Waals surface area contributed by atoms with Gasteiger partial charge in [-0.3, -0.25) is 0 Å². The molecule has 0 amide bonds. The van der Waals surface area contributed by atoms with Gasteiger partial charge in [0.25, 0.3) is 0 Å². The number of benzene rings is 2. The van der Waals surface area contributed by atoms with Gasteiger partial charge >= 0.3 is 0 Å². The average Bonchev–Trinajstić information content (AvgIpc) is 2.55. The monoisotopic (exact) mass is 293 g/mol. The Kier molecular flexibility index (Phi) is 4.19. The van der Waals surface area contributed by atoms with Crippen molar-refractivity contribution in [3.63, 3.8) is 0 Å². The zero-order valence-corrected chi connectivity index (χ0v) is 12.6. The van der Waals surface area contributed by atoms with Crippen molar-refractivity contribution >= 4 is 16.9 Å². The minimum absolute atomic E-state index is 0.308. The summed E-state index contributed by atoms with van der Waals surface area (Å²) in [4.78, 5) is 8.62. The maximum atomic E-state index is 5.92. The van der Waals surface area contributed by atoms with Crippen molar-refractivity contribution in [3.8, 4) is 5.75 Å². The largest absolute Gasteiger partial charge is 0.493 e. The average molecular weight is 293 g/mol. The van der Waals surface area contributed by atoms with E-state index in [-0.39, 0.29) is 0 Å². The van der Waals surface area contributed by atoms with E-state index in [4.69, 9.17) is 10.5 Å². The Morgan fingerprint density at radius 2 is 1.77 bits per heavy atom. The lowest BCUT2D eigenvalue weighted by atomic mass is 10.1. The highest BCUT2D eigenvalue weighted by atomic mass is 16.5. The molecule has 0 aliphatic rings. The highest BCUT2D eigenvalue weighted by Gasteiger charge is 2.07. The third kappa shape index (κ3) is 3.01. The lowest BCUT2D eigenvalue weighted by Gasteiger charge is -2.11. The minimum Gasteiger partial charge on any atom is -0.493 e. The molecule has 0 spiro atoms. The summed E-state index contributed by atoms with van der Waals surface area (Å²) in [6.45, 7) is 2.69. The van der Waals surface area contributed by atoms with E-state index in [0.29, 0.717) is 19.0 Å². The van der Waals surface area contributed by atoms with Crippen molar-refractivity contribution in [2.24, 2.45) is 0 Å². The maximum absolute atomic E-state index is 5.92. The number of aromatic nitrogens is 2. The van der Waals surface area contributed by atoms with Gasteiger partial charge in [0.05, 0.1) is 17.8 Å². The van der Waals surface area contributed by atoms with Crippen LogP contribution < -0.4 is 10.5 Å². The van der Waals surface area contributed by atoms with Gasteiger partial charge in [0.1, 0.15) is 5.75 Å². The van der Waals surface area contributed by atoms with E-state index in [2.05, 4.69) is 23.0 Å². The van der Waals surface area contributed by atoms with Gasteiger partial charge in [0, 0.05) is 11.8 Å². The van der Waals surface area contributed by atoms with Gasteiger partial charge in [0.2, 0.25) is 5.95 Å². The number of hydrogen-bond donors (Lipinski definition) is 1. The molecule has 0 radical (unpaired) electrons. The van der Waals surface area contributed by atoms with Gasteiger partial charge in [-0.25, -0.2) is 9.97 Å². The van der Waals surface area contributed by atoms with Crippen molar-refractivity contribution < 1.29 is 4.74 Å². The first-order valence-electron chi connectivity index (χ1n) is 7.49. The number of anilines is 1. The summed E-state index contributed by atoms with van der Waals surface area (Å²) in [7, 11) is 0. The number of nitrogens with zero attached hydrogens (tertiary/aromatic N) is 2. The molecule has 3 rings (SSSR count). The summed E-state index contributed by atoms with van der Waals surface area (Å²) in [5.74, 6) is 1.25. The van der Waals surface area contributed by atoms with Gasteiger partial charge in [-0.2, -0.15) is 0 Å². The molecule has 0 aliphatic heterocycles. The quantitative estimate of drug-likeness (QED) is 0.783. The number of rotatable bonds is 5. The maximum Gasteiger partial charge on any atom is 0.220 e. The van der Waals surface area contributed by atoms with Gasteiger partial charge in [-0.05, 0) is 24.1 Å². The van der Waals surface area contributed by atoms with Crippen molar-refractivity contribution in [2.45, 2.75) is 19.8 Å². The summed E-state index contributed by atoms with van der Waals surface area (Å²) in [6, 6.07) is 16.0. The highest BCUT2D eigenvalue weighted by molar-refractivity contribution is 5.81. The Bertz CT molecular complexity index is 786. The Labute approximate surface area is 130 Å². The fourth-order valence-corrected chi connectivity index (χ4v) is 2.55. The SMILES string of the molecule is CCc1ccccc1OCCc1nc(N)nc2ccccc12. The lowest BCUT2D eigenvalue weighted by molar-refractivity contribution is 0.318. The number of para-hydroxylation sites is 2. The molecule has 1 aromatic heterocycles. The second kappa shape index (κ2) is 6.43. The van der Waals surface area contributed by atoms with Crippen LogP contribution in [0, 0.1) is 0 Å². The van der Waals surface area contributed by atoms with Crippen LogP contribution in [0.2, 0.25) is 0 Å². The fraction of sp³-hybridized carbons (Fsp3) is 0.222. The van der Waals surface area contributed by atoms with Crippen LogP contribution in [0.4, 0.5) is 5.95 Å². The van der Waals surface area contributed by atoms with Gasteiger partial charge < -0.3 is 10.5 Å². The molecule has 3 aromatic rings. The summed E-state index contributed by atoms with van der Waals surface area (Å²) >= 11 is 0. The lowest BCUT2D eigenvalue weighted by Crippen LogP contribution is -2.07. The van der Waals surface area contributed by atoms with Crippen molar-refractivity contribution in [1.82, 2.24) is 9.97 Å². The third-order valence-electron chi connectivity index (χ3n) is 3.65. The van der Waals surface area contributed by atoms with Crippen LogP contribution >= 0.6 is 0 Å². The zero-order valence-electron chi connectivity index (χ0n) is 12.6. The zero-order chi connectivity index (χ0) is 15.4. The van der Waals surface area contributed by atoms with Crippen LogP contribution in [0.3, 0.4) is 0 Å². The normalized spacial score (nSPS) is 10.8.